The van der Waals surface area contributed by atoms with Crippen LogP contribution in [0.2, 0.25) is 0 Å². The van der Waals surface area contributed by atoms with Gasteiger partial charge in [-0.2, -0.15) is 13.1 Å². The third-order valence-electron chi connectivity index (χ3n) is 1.04. The summed E-state index contributed by atoms with van der Waals surface area (Å²) in [5.74, 6) is -0.778. The monoisotopic (exact) mass is 226 g/mol. The highest BCUT2D eigenvalue weighted by Crippen LogP contribution is 1.80. The topological polar surface area (TPSA) is 111 Å². The van der Waals surface area contributed by atoms with E-state index in [0.29, 0.717) is 0 Å². The van der Waals surface area contributed by atoms with E-state index < -0.39 is 28.8 Å². The quantitative estimate of drug-likeness (QED) is 0.555. The molecule has 0 unspecified atom stereocenters. The molecule has 0 aromatic carbocycles. The van der Waals surface area contributed by atoms with Crippen molar-refractivity contribution in [3.8, 4) is 0 Å². The first kappa shape index (κ1) is 12.7. The van der Waals surface area contributed by atoms with E-state index in [4.69, 9.17) is 0 Å². The summed E-state index contributed by atoms with van der Waals surface area (Å²) in [4.78, 5) is 21.0. The Hall–Kier alpha value is -1.35. The van der Waals surface area contributed by atoms with Gasteiger partial charge in [-0.1, -0.05) is 0 Å². The molecule has 0 aliphatic heterocycles. The molecule has 9 heteroatoms. The summed E-state index contributed by atoms with van der Waals surface area (Å²) < 4.78 is 33.2. The number of carbonyl (C=O) groups is 2. The molecule has 0 aliphatic rings. The van der Waals surface area contributed by atoms with Crippen molar-refractivity contribution in [2.75, 3.05) is 20.8 Å². The smallest absolute Gasteiger partial charge is 0.421 e. The van der Waals surface area contributed by atoms with E-state index in [-0.39, 0.29) is 0 Å². The fraction of sp³-hybridized carbons (Fsp3) is 0.600. The molecule has 0 rings (SSSR count). The van der Waals surface area contributed by atoms with E-state index in [9.17, 15) is 18.0 Å². The minimum absolute atomic E-state index is 0.567. The van der Waals surface area contributed by atoms with Crippen molar-refractivity contribution in [3.05, 3.63) is 0 Å². The van der Waals surface area contributed by atoms with Crippen molar-refractivity contribution < 1.29 is 27.5 Å². The standard InChI is InChI=1S/C5H10N2O6S/c1-12-4(8)3-6-14(10,11)7-5(9)13-2/h6H,3H2,1-2H3,(H,7,9). The van der Waals surface area contributed by atoms with Crippen molar-refractivity contribution >= 4 is 22.3 Å². The first-order chi connectivity index (χ1) is 6.41. The second-order valence-corrected chi connectivity index (χ2v) is 3.49. The molecule has 0 saturated heterocycles. The van der Waals surface area contributed by atoms with E-state index in [2.05, 4.69) is 9.47 Å². The lowest BCUT2D eigenvalue weighted by Gasteiger charge is -2.05. The second-order valence-electron chi connectivity index (χ2n) is 1.99. The lowest BCUT2D eigenvalue weighted by molar-refractivity contribution is -0.139. The zero-order valence-corrected chi connectivity index (χ0v) is 8.38. The third kappa shape index (κ3) is 5.32. The Morgan fingerprint density at radius 2 is 1.79 bits per heavy atom. The molecule has 14 heavy (non-hydrogen) atoms. The molecular weight excluding hydrogens is 216 g/mol. The molecule has 0 fully saturated rings. The summed E-state index contributed by atoms with van der Waals surface area (Å²) in [6.07, 6.45) is -1.15. The van der Waals surface area contributed by atoms with Crippen LogP contribution in [0.25, 0.3) is 0 Å². The molecule has 0 aliphatic carbocycles. The maximum Gasteiger partial charge on any atom is 0.421 e. The molecule has 0 saturated carbocycles. The van der Waals surface area contributed by atoms with Gasteiger partial charge in [-0.3, -0.25) is 4.79 Å². The Bertz CT molecular complexity index is 310. The summed E-state index contributed by atoms with van der Waals surface area (Å²) in [7, 11) is -1.97. The second kappa shape index (κ2) is 5.40. The zero-order valence-electron chi connectivity index (χ0n) is 7.56. The van der Waals surface area contributed by atoms with E-state index >= 15 is 0 Å². The van der Waals surface area contributed by atoms with E-state index in [1.165, 1.54) is 4.72 Å². The van der Waals surface area contributed by atoms with Crippen LogP contribution >= 0.6 is 0 Å². The van der Waals surface area contributed by atoms with Crippen LogP contribution in [0.15, 0.2) is 0 Å². The Morgan fingerprint density at radius 1 is 1.21 bits per heavy atom. The van der Waals surface area contributed by atoms with Crippen LogP contribution in [-0.4, -0.2) is 41.2 Å². The fourth-order valence-electron chi connectivity index (χ4n) is 0.414. The lowest BCUT2D eigenvalue weighted by Crippen LogP contribution is -2.42. The maximum absolute atomic E-state index is 10.9. The predicted molar refractivity (Wildman–Crippen MR) is 44.5 cm³/mol. The molecule has 8 nitrogen and oxygen atoms in total. The number of rotatable bonds is 4. The van der Waals surface area contributed by atoms with Gasteiger partial charge in [-0.05, 0) is 0 Å². The Kier molecular flexibility index (Phi) is 4.87. The number of methoxy groups -OCH3 is 2. The van der Waals surface area contributed by atoms with Crippen LogP contribution in [0.4, 0.5) is 4.79 Å². The van der Waals surface area contributed by atoms with Crippen molar-refractivity contribution in [2.24, 2.45) is 0 Å². The van der Waals surface area contributed by atoms with Gasteiger partial charge < -0.3 is 9.47 Å². The van der Waals surface area contributed by atoms with E-state index in [1.54, 1.807) is 4.72 Å². The first-order valence-electron chi connectivity index (χ1n) is 3.33. The first-order valence-corrected chi connectivity index (χ1v) is 4.81. The number of carbonyl (C=O) groups excluding carboxylic acids is 2. The molecule has 0 spiro atoms. The molecule has 0 bridgehead atoms. The van der Waals surface area contributed by atoms with Crippen LogP contribution in [0.1, 0.15) is 0 Å². The van der Waals surface area contributed by atoms with Gasteiger partial charge >= 0.3 is 22.3 Å². The highest BCUT2D eigenvalue weighted by molar-refractivity contribution is 7.88. The van der Waals surface area contributed by atoms with Crippen molar-refractivity contribution in [1.29, 1.82) is 0 Å². The molecule has 0 atom stereocenters. The molecule has 82 valence electrons. The minimum Gasteiger partial charge on any atom is -0.468 e. The molecule has 0 radical (unpaired) electrons. The van der Waals surface area contributed by atoms with Gasteiger partial charge in [0.15, 0.2) is 0 Å². The van der Waals surface area contributed by atoms with Gasteiger partial charge in [-0.25, -0.2) is 9.52 Å². The number of hydrogen-bond acceptors (Lipinski definition) is 6. The van der Waals surface area contributed by atoms with Crippen LogP contribution < -0.4 is 9.44 Å². The Balaban J connectivity index is 4.09. The highest BCUT2D eigenvalue weighted by atomic mass is 32.2. The highest BCUT2D eigenvalue weighted by Gasteiger charge is 2.15. The third-order valence-corrected chi connectivity index (χ3v) is 2.00. The van der Waals surface area contributed by atoms with Gasteiger partial charge in [0.1, 0.15) is 6.54 Å². The average molecular weight is 226 g/mol. The fourth-order valence-corrected chi connectivity index (χ4v) is 1.10. The molecular formula is C5H10N2O6S. The average Bonchev–Trinajstić information content (AvgIpc) is 2.13. The van der Waals surface area contributed by atoms with E-state index in [0.717, 1.165) is 14.2 Å². The summed E-state index contributed by atoms with van der Waals surface area (Å²) >= 11 is 0. The summed E-state index contributed by atoms with van der Waals surface area (Å²) in [6, 6.07) is 0. The van der Waals surface area contributed by atoms with Gasteiger partial charge in [0.05, 0.1) is 14.2 Å². The van der Waals surface area contributed by atoms with Gasteiger partial charge in [0, 0.05) is 0 Å². The summed E-state index contributed by atoms with van der Waals surface area (Å²) in [5.41, 5.74) is 0. The molecule has 2 N–H and O–H groups in total. The normalized spacial score (nSPS) is 10.4. The zero-order chi connectivity index (χ0) is 11.2. The molecule has 1 amide bonds. The number of amides is 1. The summed E-state index contributed by atoms with van der Waals surface area (Å²) in [5, 5.41) is 0. The van der Waals surface area contributed by atoms with E-state index in [1.807, 2.05) is 0 Å². The number of nitrogens with one attached hydrogen (secondary N) is 2. The van der Waals surface area contributed by atoms with Crippen LogP contribution in [0.3, 0.4) is 0 Å². The van der Waals surface area contributed by atoms with Crippen molar-refractivity contribution in [2.45, 2.75) is 0 Å². The van der Waals surface area contributed by atoms with Gasteiger partial charge in [0.25, 0.3) is 0 Å². The molecule has 0 aromatic rings. The minimum atomic E-state index is -4.07. The molecule has 0 heterocycles. The maximum atomic E-state index is 10.9. The van der Waals surface area contributed by atoms with Crippen LogP contribution in [0, 0.1) is 0 Å². The van der Waals surface area contributed by atoms with Crippen LogP contribution in [0.5, 0.6) is 0 Å². The van der Waals surface area contributed by atoms with Crippen LogP contribution in [-0.2, 0) is 24.5 Å². The predicted octanol–water partition coefficient (Wildman–Crippen LogP) is -1.65. The van der Waals surface area contributed by atoms with Crippen molar-refractivity contribution in [1.82, 2.24) is 9.44 Å². The Morgan fingerprint density at radius 3 is 2.21 bits per heavy atom. The van der Waals surface area contributed by atoms with Gasteiger partial charge in [-0.15, -0.1) is 0 Å². The largest absolute Gasteiger partial charge is 0.468 e. The number of ether oxygens (including phenoxy) is 2. The number of esters is 1. The summed E-state index contributed by atoms with van der Waals surface area (Å²) in [6.45, 7) is -0.567. The van der Waals surface area contributed by atoms with Crippen molar-refractivity contribution in [3.63, 3.8) is 0 Å². The van der Waals surface area contributed by atoms with Gasteiger partial charge in [0.2, 0.25) is 0 Å². The number of hydrogen-bond donors (Lipinski definition) is 2. The SMILES string of the molecule is COC(=O)CNS(=O)(=O)NC(=O)OC. The molecule has 0 aromatic heterocycles. The lowest BCUT2D eigenvalue weighted by atomic mass is 10.7. The Labute approximate surface area is 80.7 Å².